The number of esters is 1. The molecule has 6 nitrogen and oxygen atoms in total. The van der Waals surface area contributed by atoms with Gasteiger partial charge in [-0.2, -0.15) is 0 Å². The second kappa shape index (κ2) is 5.76. The van der Waals surface area contributed by atoms with Crippen molar-refractivity contribution >= 4 is 5.97 Å². The van der Waals surface area contributed by atoms with Gasteiger partial charge in [0.25, 0.3) is 0 Å². The third kappa shape index (κ3) is 3.11. The fraction of sp³-hybridized carbons (Fsp3) is 0.529. The molecule has 0 radical (unpaired) electrons. The summed E-state index contributed by atoms with van der Waals surface area (Å²) in [6.45, 7) is 0.553. The van der Waals surface area contributed by atoms with Crippen LogP contribution in [0.25, 0.3) is 5.69 Å². The summed E-state index contributed by atoms with van der Waals surface area (Å²) in [5.74, 6) is 0.610. The molecule has 4 rings (SSSR count). The predicted molar refractivity (Wildman–Crippen MR) is 83.1 cm³/mol. The maximum Gasteiger partial charge on any atom is 0.338 e. The number of carbonyl (C=O) groups is 1. The number of tetrazole rings is 1. The highest BCUT2D eigenvalue weighted by Gasteiger charge is 2.42. The minimum Gasteiger partial charge on any atom is -0.462 e. The van der Waals surface area contributed by atoms with Gasteiger partial charge in [0.15, 0.2) is 0 Å². The van der Waals surface area contributed by atoms with Gasteiger partial charge in [0.1, 0.15) is 6.33 Å². The van der Waals surface area contributed by atoms with Gasteiger partial charge in [-0.15, -0.1) is 5.10 Å². The van der Waals surface area contributed by atoms with Gasteiger partial charge in [0, 0.05) is 5.41 Å². The largest absolute Gasteiger partial charge is 0.462 e. The van der Waals surface area contributed by atoms with E-state index in [-0.39, 0.29) is 11.4 Å². The lowest BCUT2D eigenvalue weighted by atomic mass is 9.66. The summed E-state index contributed by atoms with van der Waals surface area (Å²) in [5.41, 5.74) is 1.55. The van der Waals surface area contributed by atoms with Crippen molar-refractivity contribution in [3.8, 4) is 5.69 Å². The highest BCUT2D eigenvalue weighted by atomic mass is 16.5. The number of nitrogens with zero attached hydrogens (tertiary/aromatic N) is 4. The van der Waals surface area contributed by atoms with Crippen LogP contribution in [0.3, 0.4) is 0 Å². The van der Waals surface area contributed by atoms with Crippen molar-refractivity contribution in [2.75, 3.05) is 6.61 Å². The van der Waals surface area contributed by atoms with Gasteiger partial charge in [0.2, 0.25) is 0 Å². The van der Waals surface area contributed by atoms with Crippen LogP contribution in [-0.2, 0) is 4.74 Å². The van der Waals surface area contributed by atoms with Crippen LogP contribution in [0.2, 0.25) is 0 Å². The zero-order chi connectivity index (χ0) is 15.7. The predicted octanol–water partition coefficient (Wildman–Crippen LogP) is 2.79. The molecule has 6 heteroatoms. The number of benzene rings is 1. The van der Waals surface area contributed by atoms with Gasteiger partial charge in [-0.05, 0) is 53.8 Å². The highest BCUT2D eigenvalue weighted by molar-refractivity contribution is 5.90. The van der Waals surface area contributed by atoms with Crippen molar-refractivity contribution < 1.29 is 9.53 Å². The molecule has 2 aliphatic rings. The summed E-state index contributed by atoms with van der Waals surface area (Å²) in [6, 6.07) is 7.20. The van der Waals surface area contributed by atoms with Crippen molar-refractivity contribution in [1.29, 1.82) is 0 Å². The summed E-state index contributed by atoms with van der Waals surface area (Å²) in [4.78, 5) is 12.4. The standard InChI is InChI=1S/C17H20N4O2/c22-16(23-11-17(7-2-8-17)10-13-5-6-13)14-3-1-4-15(9-14)21-12-18-19-20-21/h1,3-4,9,12-13H,2,5-8,10-11H2. The molecule has 1 aromatic heterocycles. The first kappa shape index (κ1) is 14.4. The number of carbonyl (C=O) groups excluding carboxylic acids is 1. The van der Waals surface area contributed by atoms with Crippen molar-refractivity contribution in [2.24, 2.45) is 11.3 Å². The molecule has 2 aromatic rings. The molecular weight excluding hydrogens is 292 g/mol. The Bertz CT molecular complexity index is 690. The molecule has 2 aliphatic carbocycles. The molecule has 0 aliphatic heterocycles. The lowest BCUT2D eigenvalue weighted by Gasteiger charge is -2.41. The van der Waals surface area contributed by atoms with Crippen molar-refractivity contribution in [3.05, 3.63) is 36.2 Å². The molecule has 0 saturated heterocycles. The molecule has 0 amide bonds. The quantitative estimate of drug-likeness (QED) is 0.767. The van der Waals surface area contributed by atoms with E-state index in [9.17, 15) is 4.79 Å². The SMILES string of the molecule is O=C(OCC1(CC2CC2)CCC1)c1cccc(-n2cnnn2)c1. The molecular formula is C17H20N4O2. The van der Waals surface area contributed by atoms with Crippen molar-refractivity contribution in [3.63, 3.8) is 0 Å². The molecule has 0 spiro atoms. The zero-order valence-corrected chi connectivity index (χ0v) is 13.0. The lowest BCUT2D eigenvalue weighted by Crippen LogP contribution is -2.35. The maximum atomic E-state index is 12.4. The van der Waals surface area contributed by atoms with E-state index < -0.39 is 0 Å². The van der Waals surface area contributed by atoms with Crippen LogP contribution in [0.1, 0.15) is 48.9 Å². The molecule has 2 saturated carbocycles. The van der Waals surface area contributed by atoms with E-state index >= 15 is 0 Å². The molecule has 0 unspecified atom stereocenters. The fourth-order valence-corrected chi connectivity index (χ4v) is 3.38. The number of rotatable bonds is 6. The van der Waals surface area contributed by atoms with Crippen LogP contribution in [-0.4, -0.2) is 32.8 Å². The second-order valence-electron chi connectivity index (χ2n) is 6.88. The average Bonchev–Trinajstić information content (AvgIpc) is 3.18. The van der Waals surface area contributed by atoms with E-state index in [2.05, 4.69) is 15.5 Å². The van der Waals surface area contributed by atoms with Crippen LogP contribution in [0.5, 0.6) is 0 Å². The topological polar surface area (TPSA) is 69.9 Å². The van der Waals surface area contributed by atoms with Gasteiger partial charge in [0.05, 0.1) is 17.9 Å². The van der Waals surface area contributed by atoms with E-state index in [4.69, 9.17) is 4.74 Å². The lowest BCUT2D eigenvalue weighted by molar-refractivity contribution is -0.00505. The molecule has 23 heavy (non-hydrogen) atoms. The van der Waals surface area contributed by atoms with Gasteiger partial charge in [-0.3, -0.25) is 0 Å². The first-order valence-electron chi connectivity index (χ1n) is 8.25. The van der Waals surface area contributed by atoms with E-state index in [1.165, 1.54) is 49.5 Å². The Hall–Kier alpha value is -2.24. The average molecular weight is 312 g/mol. The maximum absolute atomic E-state index is 12.4. The minimum atomic E-state index is -0.262. The fourth-order valence-electron chi connectivity index (χ4n) is 3.38. The Labute approximate surface area is 134 Å². The second-order valence-corrected chi connectivity index (χ2v) is 6.88. The van der Waals surface area contributed by atoms with E-state index in [1.807, 2.05) is 12.1 Å². The normalized spacial score (nSPS) is 19.1. The van der Waals surface area contributed by atoms with E-state index in [0.29, 0.717) is 12.2 Å². The van der Waals surface area contributed by atoms with Gasteiger partial charge >= 0.3 is 5.97 Å². The number of hydrogen-bond donors (Lipinski definition) is 0. The Balaban J connectivity index is 1.41. The van der Waals surface area contributed by atoms with Crippen LogP contribution >= 0.6 is 0 Å². The zero-order valence-electron chi connectivity index (χ0n) is 13.0. The Kier molecular flexibility index (Phi) is 3.59. The van der Waals surface area contributed by atoms with Gasteiger partial charge < -0.3 is 4.74 Å². The molecule has 0 atom stereocenters. The smallest absolute Gasteiger partial charge is 0.338 e. The van der Waals surface area contributed by atoms with Crippen LogP contribution < -0.4 is 0 Å². The van der Waals surface area contributed by atoms with Crippen molar-refractivity contribution in [1.82, 2.24) is 20.2 Å². The van der Waals surface area contributed by atoms with Gasteiger partial charge in [-0.1, -0.05) is 25.3 Å². The third-order valence-electron chi connectivity index (χ3n) is 5.04. The first-order chi connectivity index (χ1) is 11.2. The summed E-state index contributed by atoms with van der Waals surface area (Å²) in [7, 11) is 0. The summed E-state index contributed by atoms with van der Waals surface area (Å²) < 4.78 is 7.16. The molecule has 1 aromatic carbocycles. The van der Waals surface area contributed by atoms with Gasteiger partial charge in [-0.25, -0.2) is 9.48 Å². The molecule has 120 valence electrons. The highest BCUT2D eigenvalue weighted by Crippen LogP contribution is 2.51. The van der Waals surface area contributed by atoms with E-state index in [0.717, 1.165) is 11.6 Å². The molecule has 0 bridgehead atoms. The van der Waals surface area contributed by atoms with Crippen LogP contribution in [0.4, 0.5) is 0 Å². The molecule has 1 heterocycles. The van der Waals surface area contributed by atoms with Crippen molar-refractivity contribution in [2.45, 2.75) is 38.5 Å². The summed E-state index contributed by atoms with van der Waals surface area (Å²) in [6.07, 6.45) is 9.09. The Morgan fingerprint density at radius 3 is 2.87 bits per heavy atom. The minimum absolute atomic E-state index is 0.254. The number of hydrogen-bond acceptors (Lipinski definition) is 5. The molecule has 2 fully saturated rings. The third-order valence-corrected chi connectivity index (χ3v) is 5.04. The number of aromatic nitrogens is 4. The Morgan fingerprint density at radius 1 is 1.35 bits per heavy atom. The molecule has 0 N–H and O–H groups in total. The van der Waals surface area contributed by atoms with E-state index in [1.54, 1.807) is 12.1 Å². The summed E-state index contributed by atoms with van der Waals surface area (Å²) in [5, 5.41) is 11.1. The number of ether oxygens (including phenoxy) is 1. The van der Waals surface area contributed by atoms with Crippen LogP contribution in [0.15, 0.2) is 30.6 Å². The monoisotopic (exact) mass is 312 g/mol. The Morgan fingerprint density at radius 2 is 2.22 bits per heavy atom. The summed E-state index contributed by atoms with van der Waals surface area (Å²) >= 11 is 0. The van der Waals surface area contributed by atoms with Crippen LogP contribution in [0, 0.1) is 11.3 Å². The first-order valence-corrected chi connectivity index (χ1v) is 8.25.